The number of carbonyl (C=O) groups is 4. The number of ketones is 4. The minimum Gasteiger partial charge on any atom is -0.457 e. The van der Waals surface area contributed by atoms with Gasteiger partial charge in [0.2, 0.25) is 0 Å². The fourth-order valence-electron chi connectivity index (χ4n) is 6.55. The van der Waals surface area contributed by atoms with E-state index in [9.17, 15) is 19.2 Å². The van der Waals surface area contributed by atoms with Gasteiger partial charge in [0.15, 0.2) is 23.1 Å². The molecule has 0 aliphatic heterocycles. The highest BCUT2D eigenvalue weighted by atomic mass is 16.5. The Hall–Kier alpha value is -7.96. The van der Waals surface area contributed by atoms with Crippen molar-refractivity contribution in [2.45, 2.75) is 0 Å². The second-order valence-corrected chi connectivity index (χ2v) is 13.4. The molecule has 0 fully saturated rings. The van der Waals surface area contributed by atoms with Crippen LogP contribution >= 0.6 is 0 Å². The van der Waals surface area contributed by atoms with Crippen LogP contribution < -0.4 is 9.47 Å². The van der Waals surface area contributed by atoms with Gasteiger partial charge in [0, 0.05) is 55.6 Å². The van der Waals surface area contributed by atoms with E-state index in [1.807, 2.05) is 84.9 Å². The van der Waals surface area contributed by atoms with Crippen molar-refractivity contribution in [3.8, 4) is 34.1 Å². The molecule has 0 unspecified atom stereocenters. The molecule has 0 aromatic heterocycles. The van der Waals surface area contributed by atoms with Crippen molar-refractivity contribution in [1.82, 2.24) is 0 Å². The molecule has 0 bridgehead atoms. The van der Waals surface area contributed by atoms with Gasteiger partial charge < -0.3 is 9.47 Å². The van der Waals surface area contributed by atoms with Crippen molar-refractivity contribution >= 4 is 23.1 Å². The van der Waals surface area contributed by atoms with E-state index < -0.39 is 0 Å². The number of benzene rings is 8. The summed E-state index contributed by atoms with van der Waals surface area (Å²) < 4.78 is 12.7. The zero-order valence-corrected chi connectivity index (χ0v) is 31.1. The Kier molecular flexibility index (Phi) is 10.7. The highest BCUT2D eigenvalue weighted by Crippen LogP contribution is 2.40. The average Bonchev–Trinajstić information content (AvgIpc) is 3.30. The fourth-order valence-corrected chi connectivity index (χ4v) is 6.55. The number of carbonyl (C=O) groups excluding carboxylic acids is 4. The summed E-state index contributed by atoms with van der Waals surface area (Å²) >= 11 is 0. The van der Waals surface area contributed by atoms with Gasteiger partial charge in [-0.2, -0.15) is 0 Å². The maximum Gasteiger partial charge on any atom is 0.193 e. The van der Waals surface area contributed by atoms with Crippen molar-refractivity contribution in [3.05, 3.63) is 251 Å². The van der Waals surface area contributed by atoms with Crippen LogP contribution in [0.25, 0.3) is 11.1 Å². The number of ether oxygens (including phenoxy) is 2. The summed E-state index contributed by atoms with van der Waals surface area (Å²) in [5.41, 5.74) is 5.73. The zero-order chi connectivity index (χ0) is 39.8. The molecule has 0 spiro atoms. The summed E-state index contributed by atoms with van der Waals surface area (Å²) in [6.07, 6.45) is 0. The van der Waals surface area contributed by atoms with Gasteiger partial charge in [0.25, 0.3) is 0 Å². The Labute approximate surface area is 335 Å². The monoisotopic (exact) mass is 754 g/mol. The van der Waals surface area contributed by atoms with Crippen LogP contribution in [0.5, 0.6) is 23.0 Å². The zero-order valence-electron chi connectivity index (χ0n) is 31.1. The van der Waals surface area contributed by atoms with E-state index in [4.69, 9.17) is 9.47 Å². The van der Waals surface area contributed by atoms with Gasteiger partial charge >= 0.3 is 0 Å². The third-order valence-electron chi connectivity index (χ3n) is 9.64. The van der Waals surface area contributed by atoms with E-state index in [0.717, 1.165) is 11.1 Å². The second-order valence-electron chi connectivity index (χ2n) is 13.4. The minimum atomic E-state index is -0.167. The van der Waals surface area contributed by atoms with Crippen LogP contribution in [0.15, 0.2) is 206 Å². The summed E-state index contributed by atoms with van der Waals surface area (Å²) in [5, 5.41) is 0. The molecule has 0 saturated carbocycles. The van der Waals surface area contributed by atoms with Crippen LogP contribution in [0.3, 0.4) is 0 Å². The van der Waals surface area contributed by atoms with Crippen LogP contribution in [-0.2, 0) is 0 Å². The number of hydrogen-bond donors (Lipinski definition) is 0. The van der Waals surface area contributed by atoms with Crippen molar-refractivity contribution in [1.29, 1.82) is 0 Å². The van der Waals surface area contributed by atoms with E-state index in [2.05, 4.69) is 0 Å². The van der Waals surface area contributed by atoms with Gasteiger partial charge in [-0.3, -0.25) is 19.2 Å². The van der Waals surface area contributed by atoms with Gasteiger partial charge in [-0.1, -0.05) is 146 Å². The molecule has 0 heterocycles. The maximum atomic E-state index is 13.3. The van der Waals surface area contributed by atoms with E-state index in [-0.39, 0.29) is 23.1 Å². The Morgan fingerprint density at radius 2 is 0.466 bits per heavy atom. The van der Waals surface area contributed by atoms with Crippen molar-refractivity contribution in [3.63, 3.8) is 0 Å². The Balaban J connectivity index is 0.936. The molecule has 278 valence electrons. The van der Waals surface area contributed by atoms with Gasteiger partial charge in [0.1, 0.15) is 23.0 Å². The van der Waals surface area contributed by atoms with Crippen LogP contribution in [0.1, 0.15) is 63.7 Å². The Bertz CT molecular complexity index is 2540. The third kappa shape index (κ3) is 8.17. The smallest absolute Gasteiger partial charge is 0.193 e. The Morgan fingerprint density at radius 1 is 0.241 bits per heavy atom. The average molecular weight is 755 g/mol. The first kappa shape index (κ1) is 37.0. The lowest BCUT2D eigenvalue weighted by molar-refractivity contribution is 0.102. The lowest BCUT2D eigenvalue weighted by Gasteiger charge is -2.15. The highest BCUT2D eigenvalue weighted by molar-refractivity contribution is 6.12. The van der Waals surface area contributed by atoms with Crippen molar-refractivity contribution < 1.29 is 28.7 Å². The summed E-state index contributed by atoms with van der Waals surface area (Å²) in [5.74, 6) is 1.74. The summed E-state index contributed by atoms with van der Waals surface area (Å²) in [6.45, 7) is 0. The van der Waals surface area contributed by atoms with Gasteiger partial charge in [0.05, 0.1) is 0 Å². The van der Waals surface area contributed by atoms with Crippen LogP contribution in [0, 0.1) is 0 Å². The van der Waals surface area contributed by atoms with Gasteiger partial charge in [-0.15, -0.1) is 0 Å². The Morgan fingerprint density at radius 3 is 0.759 bits per heavy atom. The van der Waals surface area contributed by atoms with E-state index in [0.29, 0.717) is 67.5 Å². The molecular weight excluding hydrogens is 721 g/mol. The number of hydrogen-bond acceptors (Lipinski definition) is 6. The largest absolute Gasteiger partial charge is 0.457 e. The maximum absolute atomic E-state index is 13.3. The first-order chi connectivity index (χ1) is 28.4. The predicted octanol–water partition coefficient (Wildman–Crippen LogP) is 11.9. The predicted molar refractivity (Wildman–Crippen MR) is 224 cm³/mol. The number of rotatable bonds is 13. The van der Waals surface area contributed by atoms with E-state index in [1.165, 1.54) is 0 Å². The molecule has 8 aromatic rings. The fraction of sp³-hybridized carbons (Fsp3) is 0. The van der Waals surface area contributed by atoms with Crippen molar-refractivity contribution in [2.24, 2.45) is 0 Å². The van der Waals surface area contributed by atoms with Gasteiger partial charge in [-0.25, -0.2) is 0 Å². The quantitative estimate of drug-likeness (QED) is 0.109. The molecule has 8 aromatic carbocycles. The van der Waals surface area contributed by atoms with Gasteiger partial charge in [-0.05, 0) is 60.7 Å². The highest BCUT2D eigenvalue weighted by Gasteiger charge is 2.17. The van der Waals surface area contributed by atoms with Crippen molar-refractivity contribution in [2.75, 3.05) is 0 Å². The lowest BCUT2D eigenvalue weighted by atomic mass is 9.98. The molecule has 0 N–H and O–H groups in total. The second kappa shape index (κ2) is 16.8. The molecule has 0 aliphatic carbocycles. The molecule has 0 radical (unpaired) electrons. The summed E-state index contributed by atoms with van der Waals surface area (Å²) in [4.78, 5) is 52.2. The molecule has 6 nitrogen and oxygen atoms in total. The SMILES string of the molecule is O=C(c1ccccc1)c1ccc(C(=O)c2ccc(Oc3ccccc3-c3ccccc3Oc3ccc(C(=O)c4ccc(C(=O)c5ccccc5)cc4)cc3)cc2)cc1. The topological polar surface area (TPSA) is 86.7 Å². The van der Waals surface area contributed by atoms with Crippen LogP contribution in [0.4, 0.5) is 0 Å². The summed E-state index contributed by atoms with van der Waals surface area (Å²) in [7, 11) is 0. The third-order valence-corrected chi connectivity index (χ3v) is 9.64. The van der Waals surface area contributed by atoms with E-state index in [1.54, 1.807) is 121 Å². The minimum absolute atomic E-state index is 0.100. The standard InChI is InChI=1S/C52H34O6/c53-49(35-11-3-1-4-12-35)37-19-23-39(24-20-37)51(55)41-27-31-43(32-28-41)57-47-17-9-7-15-45(47)46-16-8-10-18-48(46)58-44-33-29-42(30-34-44)52(56)40-25-21-38(22-26-40)50(54)36-13-5-2-6-14-36/h1-34H. The number of para-hydroxylation sites is 2. The molecule has 0 saturated heterocycles. The molecule has 8 rings (SSSR count). The van der Waals surface area contributed by atoms with E-state index >= 15 is 0 Å². The molecular formula is C52H34O6. The normalized spacial score (nSPS) is 10.7. The molecule has 6 heteroatoms. The summed E-state index contributed by atoms with van der Waals surface area (Å²) in [6, 6.07) is 60.6. The molecule has 0 aliphatic rings. The van der Waals surface area contributed by atoms with Crippen LogP contribution in [-0.4, -0.2) is 23.1 Å². The van der Waals surface area contributed by atoms with Crippen LogP contribution in [0.2, 0.25) is 0 Å². The first-order valence-electron chi connectivity index (χ1n) is 18.6. The first-order valence-corrected chi connectivity index (χ1v) is 18.6. The molecule has 0 amide bonds. The molecule has 0 atom stereocenters. The molecule has 58 heavy (non-hydrogen) atoms. The lowest BCUT2D eigenvalue weighted by Crippen LogP contribution is -2.04.